The van der Waals surface area contributed by atoms with Gasteiger partial charge in [0.25, 0.3) is 0 Å². The van der Waals surface area contributed by atoms with Crippen molar-refractivity contribution in [3.63, 3.8) is 0 Å². The molecule has 1 aromatic heterocycles. The average Bonchev–Trinajstić information content (AvgIpc) is 2.71. The van der Waals surface area contributed by atoms with Crippen LogP contribution in [0.3, 0.4) is 0 Å². The molecule has 8 nitrogen and oxygen atoms in total. The first-order valence-corrected chi connectivity index (χ1v) is 5.95. The normalized spacial score (nSPS) is 12.2. The van der Waals surface area contributed by atoms with Crippen molar-refractivity contribution in [3.8, 4) is 0 Å². The lowest BCUT2D eigenvalue weighted by Gasteiger charge is -2.16. The molecule has 0 radical (unpaired) electrons. The summed E-state index contributed by atoms with van der Waals surface area (Å²) >= 11 is 0. The van der Waals surface area contributed by atoms with E-state index in [1.807, 2.05) is 13.8 Å². The number of urea groups is 1. The Kier molecular flexibility index (Phi) is 5.28. The van der Waals surface area contributed by atoms with E-state index in [1.54, 1.807) is 6.92 Å². The summed E-state index contributed by atoms with van der Waals surface area (Å²) in [6.07, 6.45) is 0.365. The molecule has 8 heteroatoms. The highest BCUT2D eigenvalue weighted by atomic mass is 16.5. The number of hydrogen-bond donors (Lipinski definition) is 3. The van der Waals surface area contributed by atoms with E-state index in [9.17, 15) is 9.59 Å². The predicted octanol–water partition coefficient (Wildman–Crippen LogP) is 0.677. The molecular weight excluding hydrogens is 252 g/mol. The number of carbonyl (C=O) groups excluding carboxylic acids is 1. The van der Waals surface area contributed by atoms with Crippen LogP contribution in [0.2, 0.25) is 0 Å². The van der Waals surface area contributed by atoms with Crippen LogP contribution in [0.1, 0.15) is 32.0 Å². The molecule has 1 unspecified atom stereocenters. The molecule has 0 bridgehead atoms. The topological polar surface area (TPSA) is 117 Å². The van der Waals surface area contributed by atoms with Gasteiger partial charge in [-0.2, -0.15) is 4.98 Å². The van der Waals surface area contributed by atoms with E-state index in [2.05, 4.69) is 20.8 Å². The number of carboxylic acid groups (broad SMARTS) is 1. The molecule has 1 heterocycles. The molecule has 0 aliphatic carbocycles. The molecule has 19 heavy (non-hydrogen) atoms. The van der Waals surface area contributed by atoms with Crippen LogP contribution in [-0.4, -0.2) is 33.3 Å². The molecule has 0 aromatic carbocycles. The van der Waals surface area contributed by atoms with Crippen LogP contribution in [0.5, 0.6) is 0 Å². The molecule has 0 saturated carbocycles. The van der Waals surface area contributed by atoms with Crippen LogP contribution in [0.25, 0.3) is 0 Å². The highest BCUT2D eigenvalue weighted by molar-refractivity contribution is 5.82. The Morgan fingerprint density at radius 1 is 1.42 bits per heavy atom. The predicted molar refractivity (Wildman–Crippen MR) is 65.3 cm³/mol. The van der Waals surface area contributed by atoms with Crippen LogP contribution in [0, 0.1) is 12.8 Å². The summed E-state index contributed by atoms with van der Waals surface area (Å²) in [5.41, 5.74) is 0. The van der Waals surface area contributed by atoms with E-state index in [1.165, 1.54) is 0 Å². The highest BCUT2D eigenvalue weighted by Crippen LogP contribution is 2.04. The molecule has 0 spiro atoms. The van der Waals surface area contributed by atoms with Crippen molar-refractivity contribution >= 4 is 12.0 Å². The number of carbonyl (C=O) groups is 2. The quantitative estimate of drug-likeness (QED) is 0.699. The number of rotatable bonds is 6. The van der Waals surface area contributed by atoms with Crippen molar-refractivity contribution in [2.75, 3.05) is 0 Å². The number of aromatic nitrogens is 2. The lowest BCUT2D eigenvalue weighted by Crippen LogP contribution is -2.46. The molecule has 1 rings (SSSR count). The van der Waals surface area contributed by atoms with E-state index < -0.39 is 18.0 Å². The second kappa shape index (κ2) is 6.72. The van der Waals surface area contributed by atoms with Gasteiger partial charge in [0.1, 0.15) is 6.04 Å². The number of amides is 2. The van der Waals surface area contributed by atoms with Gasteiger partial charge in [-0.1, -0.05) is 19.0 Å². The van der Waals surface area contributed by atoms with E-state index in [0.717, 1.165) is 0 Å². The first-order valence-electron chi connectivity index (χ1n) is 5.95. The van der Waals surface area contributed by atoms with Gasteiger partial charge in [-0.15, -0.1) is 0 Å². The summed E-state index contributed by atoms with van der Waals surface area (Å²) in [6.45, 7) is 5.49. The fourth-order valence-corrected chi connectivity index (χ4v) is 1.47. The maximum Gasteiger partial charge on any atom is 0.326 e. The first kappa shape index (κ1) is 14.9. The molecule has 1 aromatic rings. The summed E-state index contributed by atoms with van der Waals surface area (Å²) in [5, 5.41) is 17.4. The third kappa shape index (κ3) is 5.36. The number of aliphatic carboxylic acids is 1. The van der Waals surface area contributed by atoms with Crippen molar-refractivity contribution in [2.24, 2.45) is 5.92 Å². The Hall–Kier alpha value is -2.12. The number of nitrogens with zero attached hydrogens (tertiary/aromatic N) is 2. The summed E-state index contributed by atoms with van der Waals surface area (Å²) < 4.78 is 4.74. The number of aryl methyl sites for hydroxylation is 1. The van der Waals surface area contributed by atoms with Gasteiger partial charge in [0.2, 0.25) is 5.89 Å². The number of carboxylic acids is 1. The Morgan fingerprint density at radius 3 is 2.58 bits per heavy atom. The van der Waals surface area contributed by atoms with E-state index in [4.69, 9.17) is 9.63 Å². The van der Waals surface area contributed by atoms with Crippen molar-refractivity contribution in [3.05, 3.63) is 11.7 Å². The first-order chi connectivity index (χ1) is 8.88. The lowest BCUT2D eigenvalue weighted by molar-refractivity contribution is -0.139. The second-order valence-electron chi connectivity index (χ2n) is 4.58. The van der Waals surface area contributed by atoms with Gasteiger partial charge in [0.15, 0.2) is 5.82 Å². The molecule has 0 saturated heterocycles. The maximum atomic E-state index is 11.5. The third-order valence-corrected chi connectivity index (χ3v) is 2.29. The second-order valence-corrected chi connectivity index (χ2v) is 4.58. The molecule has 3 N–H and O–H groups in total. The SMILES string of the molecule is Cc1nc(CNC(=O)NC(CC(C)C)C(=O)O)no1. The molecule has 1 atom stereocenters. The van der Waals surface area contributed by atoms with Gasteiger partial charge in [-0.25, -0.2) is 9.59 Å². The fourth-order valence-electron chi connectivity index (χ4n) is 1.47. The smallest absolute Gasteiger partial charge is 0.326 e. The highest BCUT2D eigenvalue weighted by Gasteiger charge is 2.21. The van der Waals surface area contributed by atoms with Crippen LogP contribution in [-0.2, 0) is 11.3 Å². The summed E-state index contributed by atoms with van der Waals surface area (Å²) in [7, 11) is 0. The zero-order chi connectivity index (χ0) is 14.4. The van der Waals surface area contributed by atoms with Gasteiger partial charge in [0, 0.05) is 6.92 Å². The van der Waals surface area contributed by atoms with Crippen molar-refractivity contribution in [1.29, 1.82) is 0 Å². The molecule has 0 fully saturated rings. The molecule has 2 amide bonds. The molecule has 0 aliphatic rings. The largest absolute Gasteiger partial charge is 0.480 e. The average molecular weight is 270 g/mol. The van der Waals surface area contributed by atoms with Crippen LogP contribution >= 0.6 is 0 Å². The molecular formula is C11H18N4O4. The summed E-state index contributed by atoms with van der Waals surface area (Å²) in [6, 6.07) is -1.48. The van der Waals surface area contributed by atoms with Crippen molar-refractivity contribution in [1.82, 2.24) is 20.8 Å². The zero-order valence-corrected chi connectivity index (χ0v) is 11.1. The fraction of sp³-hybridized carbons (Fsp3) is 0.636. The van der Waals surface area contributed by atoms with E-state index in [-0.39, 0.29) is 12.5 Å². The summed E-state index contributed by atoms with van der Waals surface area (Å²) in [5.74, 6) is -0.149. The van der Waals surface area contributed by atoms with Gasteiger partial charge < -0.3 is 20.3 Å². The van der Waals surface area contributed by atoms with Crippen molar-refractivity contribution < 1.29 is 19.2 Å². The lowest BCUT2D eigenvalue weighted by atomic mass is 10.0. The minimum absolute atomic E-state index is 0.0805. The van der Waals surface area contributed by atoms with Crippen LogP contribution in [0.15, 0.2) is 4.52 Å². The minimum atomic E-state index is -1.06. The Balaban J connectivity index is 2.42. The van der Waals surface area contributed by atoms with Gasteiger partial charge in [-0.3, -0.25) is 0 Å². The van der Waals surface area contributed by atoms with Gasteiger partial charge in [-0.05, 0) is 12.3 Å². The standard InChI is InChI=1S/C11H18N4O4/c1-6(2)4-8(10(16)17)14-11(18)12-5-9-13-7(3)19-15-9/h6,8H,4-5H2,1-3H3,(H,16,17)(H2,12,14,18). The minimum Gasteiger partial charge on any atom is -0.480 e. The van der Waals surface area contributed by atoms with Gasteiger partial charge in [0.05, 0.1) is 6.54 Å². The van der Waals surface area contributed by atoms with Gasteiger partial charge >= 0.3 is 12.0 Å². The maximum absolute atomic E-state index is 11.5. The third-order valence-electron chi connectivity index (χ3n) is 2.29. The Bertz CT molecular complexity index is 444. The molecule has 0 aliphatic heterocycles. The van der Waals surface area contributed by atoms with Crippen LogP contribution < -0.4 is 10.6 Å². The Morgan fingerprint density at radius 2 is 2.11 bits per heavy atom. The Labute approximate surface area is 110 Å². The van der Waals surface area contributed by atoms with Crippen molar-refractivity contribution in [2.45, 2.75) is 39.8 Å². The monoisotopic (exact) mass is 270 g/mol. The number of hydrogen-bond acceptors (Lipinski definition) is 5. The van der Waals surface area contributed by atoms with E-state index in [0.29, 0.717) is 18.1 Å². The van der Waals surface area contributed by atoms with E-state index >= 15 is 0 Å². The zero-order valence-electron chi connectivity index (χ0n) is 11.1. The van der Waals surface area contributed by atoms with Crippen LogP contribution in [0.4, 0.5) is 4.79 Å². The molecule has 106 valence electrons. The summed E-state index contributed by atoms with van der Waals surface area (Å²) in [4.78, 5) is 26.4. The number of nitrogens with one attached hydrogen (secondary N) is 2.